The van der Waals surface area contributed by atoms with Gasteiger partial charge in [-0.2, -0.15) is 0 Å². The first kappa shape index (κ1) is 13.6. The molecule has 2 heterocycles. The zero-order chi connectivity index (χ0) is 13.9. The first-order chi connectivity index (χ1) is 9.85. The van der Waals surface area contributed by atoms with E-state index in [9.17, 15) is 0 Å². The van der Waals surface area contributed by atoms with Gasteiger partial charge < -0.3 is 4.57 Å². The number of pyridine rings is 1. The maximum Gasteiger partial charge on any atom is 0.109 e. The van der Waals surface area contributed by atoms with Gasteiger partial charge in [-0.15, -0.1) is 0 Å². The lowest BCUT2D eigenvalue weighted by Crippen LogP contribution is -2.03. The van der Waals surface area contributed by atoms with Crippen LogP contribution in [0.3, 0.4) is 0 Å². The largest absolute Gasteiger partial charge is 0.327 e. The topological polar surface area (TPSA) is 30.7 Å². The van der Waals surface area contributed by atoms with E-state index in [0.717, 1.165) is 35.2 Å². The molecule has 0 aliphatic rings. The molecule has 104 valence electrons. The maximum atomic E-state index is 4.75. The van der Waals surface area contributed by atoms with E-state index in [-0.39, 0.29) is 0 Å². The van der Waals surface area contributed by atoms with Gasteiger partial charge in [0.1, 0.15) is 11.3 Å². The summed E-state index contributed by atoms with van der Waals surface area (Å²) < 4.78 is 2.38. The molecule has 3 rings (SSSR count). The number of aromatic nitrogens is 3. The number of fused-ring (bicyclic) bond motifs is 3. The predicted octanol–water partition coefficient (Wildman–Crippen LogP) is 4.32. The van der Waals surface area contributed by atoms with Crippen LogP contribution in [0, 0.1) is 0 Å². The average Bonchev–Trinajstić information content (AvgIpc) is 2.86. The van der Waals surface area contributed by atoms with E-state index in [1.807, 2.05) is 12.3 Å². The van der Waals surface area contributed by atoms with Crippen LogP contribution in [0.15, 0.2) is 30.5 Å². The minimum atomic E-state index is 0.956. The van der Waals surface area contributed by atoms with Crippen molar-refractivity contribution in [1.29, 1.82) is 0 Å². The van der Waals surface area contributed by atoms with Gasteiger partial charge in [-0.25, -0.2) is 4.98 Å². The molecule has 0 fully saturated rings. The van der Waals surface area contributed by atoms with E-state index in [4.69, 9.17) is 4.98 Å². The lowest BCUT2D eigenvalue weighted by Gasteiger charge is -2.09. The van der Waals surface area contributed by atoms with Crippen molar-refractivity contribution in [1.82, 2.24) is 14.5 Å². The molecule has 0 unspecified atom stereocenters. The van der Waals surface area contributed by atoms with Crippen molar-refractivity contribution >= 4 is 37.9 Å². The van der Waals surface area contributed by atoms with E-state index < -0.39 is 0 Å². The third-order valence-corrected chi connectivity index (χ3v) is 4.20. The Hall–Kier alpha value is -1.42. The fraction of sp³-hybridized carbons (Fsp3) is 0.375. The monoisotopic (exact) mass is 331 g/mol. The number of aryl methyl sites for hydroxylation is 2. The molecular formula is C16H18BrN3. The van der Waals surface area contributed by atoms with Crippen LogP contribution in [-0.2, 0) is 13.0 Å². The molecule has 4 heteroatoms. The van der Waals surface area contributed by atoms with Crippen LogP contribution in [0.5, 0.6) is 0 Å². The lowest BCUT2D eigenvalue weighted by molar-refractivity contribution is 0.624. The van der Waals surface area contributed by atoms with Gasteiger partial charge in [-0.05, 0) is 18.9 Å². The van der Waals surface area contributed by atoms with Crippen LogP contribution >= 0.6 is 15.9 Å². The van der Waals surface area contributed by atoms with Gasteiger partial charge in [0.15, 0.2) is 0 Å². The van der Waals surface area contributed by atoms with Crippen molar-refractivity contribution in [3.63, 3.8) is 0 Å². The Labute approximate surface area is 127 Å². The van der Waals surface area contributed by atoms with Gasteiger partial charge in [0.25, 0.3) is 0 Å². The summed E-state index contributed by atoms with van der Waals surface area (Å²) in [6.45, 7) is 3.19. The molecule has 3 nitrogen and oxygen atoms in total. The van der Waals surface area contributed by atoms with Crippen LogP contribution < -0.4 is 0 Å². The lowest BCUT2D eigenvalue weighted by atomic mass is 10.2. The van der Waals surface area contributed by atoms with Gasteiger partial charge in [0, 0.05) is 23.7 Å². The number of hydrogen-bond acceptors (Lipinski definition) is 2. The molecule has 0 bridgehead atoms. The molecule has 0 aliphatic heterocycles. The number of hydrogen-bond donors (Lipinski definition) is 0. The van der Waals surface area contributed by atoms with Crippen molar-refractivity contribution in [2.75, 3.05) is 5.33 Å². The van der Waals surface area contributed by atoms with Crippen molar-refractivity contribution in [3.05, 3.63) is 36.3 Å². The van der Waals surface area contributed by atoms with Crippen LogP contribution in [0.4, 0.5) is 0 Å². The minimum absolute atomic E-state index is 0.956. The van der Waals surface area contributed by atoms with Crippen LogP contribution in [0.25, 0.3) is 21.9 Å². The normalized spacial score (nSPS) is 11.5. The Morgan fingerprint density at radius 1 is 1.15 bits per heavy atom. The molecule has 1 aromatic carbocycles. The number of nitrogens with zero attached hydrogens (tertiary/aromatic N) is 3. The third-order valence-electron chi connectivity index (χ3n) is 3.64. The molecule has 20 heavy (non-hydrogen) atoms. The Balaban J connectivity index is 2.20. The van der Waals surface area contributed by atoms with Crippen LogP contribution in [-0.4, -0.2) is 19.9 Å². The smallest absolute Gasteiger partial charge is 0.109 e. The number of imidazole rings is 1. The summed E-state index contributed by atoms with van der Waals surface area (Å²) in [5.74, 6) is 1.16. The Morgan fingerprint density at radius 3 is 2.80 bits per heavy atom. The second-order valence-electron chi connectivity index (χ2n) is 4.94. The molecule has 0 N–H and O–H groups in total. The molecular weight excluding hydrogens is 314 g/mol. The molecule has 0 spiro atoms. The molecule has 0 aliphatic carbocycles. The summed E-state index contributed by atoms with van der Waals surface area (Å²) in [7, 11) is 0. The Kier molecular flexibility index (Phi) is 4.01. The van der Waals surface area contributed by atoms with E-state index in [1.165, 1.54) is 23.7 Å². The predicted molar refractivity (Wildman–Crippen MR) is 87.4 cm³/mol. The summed E-state index contributed by atoms with van der Waals surface area (Å²) in [5.41, 5.74) is 3.30. The van der Waals surface area contributed by atoms with E-state index in [1.54, 1.807) is 0 Å². The van der Waals surface area contributed by atoms with Gasteiger partial charge in [-0.3, -0.25) is 4.98 Å². The number of para-hydroxylation sites is 1. The molecule has 3 aromatic rings. The standard InChI is InChI=1S/C16H18BrN3/c1-2-15-19-14-11-18-13-8-4-3-7-12(13)16(14)20(15)10-6-5-9-17/h3-4,7-8,11H,2,5-6,9-10H2,1H3. The number of unbranched alkanes of at least 4 members (excludes halogenated alkanes) is 1. The highest BCUT2D eigenvalue weighted by Gasteiger charge is 2.12. The molecule has 0 atom stereocenters. The summed E-state index contributed by atoms with van der Waals surface area (Å²) >= 11 is 3.50. The SMILES string of the molecule is CCc1nc2cnc3ccccc3c2n1CCCCBr. The van der Waals surface area contributed by atoms with Crippen molar-refractivity contribution in [2.45, 2.75) is 32.7 Å². The zero-order valence-electron chi connectivity index (χ0n) is 11.6. The van der Waals surface area contributed by atoms with Crippen LogP contribution in [0.2, 0.25) is 0 Å². The fourth-order valence-electron chi connectivity index (χ4n) is 2.69. The highest BCUT2D eigenvalue weighted by molar-refractivity contribution is 9.09. The highest BCUT2D eigenvalue weighted by atomic mass is 79.9. The number of benzene rings is 1. The molecule has 0 saturated carbocycles. The summed E-state index contributed by atoms with van der Waals surface area (Å²) in [6, 6.07) is 8.32. The van der Waals surface area contributed by atoms with Gasteiger partial charge in [-0.1, -0.05) is 41.1 Å². The highest BCUT2D eigenvalue weighted by Crippen LogP contribution is 2.25. The van der Waals surface area contributed by atoms with Crippen molar-refractivity contribution in [2.24, 2.45) is 0 Å². The minimum Gasteiger partial charge on any atom is -0.327 e. The Bertz CT molecular complexity index is 733. The molecule has 2 aromatic heterocycles. The first-order valence-corrected chi connectivity index (χ1v) is 8.26. The van der Waals surface area contributed by atoms with Gasteiger partial charge in [0.2, 0.25) is 0 Å². The molecule has 0 saturated heterocycles. The van der Waals surface area contributed by atoms with Crippen molar-refractivity contribution < 1.29 is 0 Å². The summed E-state index contributed by atoms with van der Waals surface area (Å²) in [5, 5.41) is 2.26. The van der Waals surface area contributed by atoms with E-state index in [0.29, 0.717) is 0 Å². The zero-order valence-corrected chi connectivity index (χ0v) is 13.2. The second-order valence-corrected chi connectivity index (χ2v) is 5.73. The third kappa shape index (κ3) is 2.33. The van der Waals surface area contributed by atoms with Crippen LogP contribution in [0.1, 0.15) is 25.6 Å². The van der Waals surface area contributed by atoms with E-state index in [2.05, 4.69) is 50.6 Å². The van der Waals surface area contributed by atoms with E-state index >= 15 is 0 Å². The second kappa shape index (κ2) is 5.92. The Morgan fingerprint density at radius 2 is 2.00 bits per heavy atom. The quantitative estimate of drug-likeness (QED) is 0.514. The number of alkyl halides is 1. The number of halogens is 1. The van der Waals surface area contributed by atoms with Gasteiger partial charge >= 0.3 is 0 Å². The van der Waals surface area contributed by atoms with Gasteiger partial charge in [0.05, 0.1) is 17.2 Å². The summed E-state index contributed by atoms with van der Waals surface area (Å²) in [4.78, 5) is 9.26. The molecule has 0 radical (unpaired) electrons. The summed E-state index contributed by atoms with van der Waals surface area (Å²) in [6.07, 6.45) is 5.21. The first-order valence-electron chi connectivity index (χ1n) is 7.14. The number of rotatable bonds is 5. The molecule has 0 amide bonds. The average molecular weight is 332 g/mol. The van der Waals surface area contributed by atoms with Crippen molar-refractivity contribution in [3.8, 4) is 0 Å². The maximum absolute atomic E-state index is 4.75. The fourth-order valence-corrected chi connectivity index (χ4v) is 3.08.